The molecule has 3 aromatic rings. The minimum absolute atomic E-state index is 0.534. The fourth-order valence-corrected chi connectivity index (χ4v) is 2.35. The fraction of sp³-hybridized carbons (Fsp3) is 0.357. The Kier molecular flexibility index (Phi) is 2.93. The van der Waals surface area contributed by atoms with Crippen molar-refractivity contribution in [3.8, 4) is 11.4 Å². The highest BCUT2D eigenvalue weighted by atomic mass is 15.3. The summed E-state index contributed by atoms with van der Waals surface area (Å²) in [5, 5.41) is 12.5. The lowest BCUT2D eigenvalue weighted by Crippen LogP contribution is -2.06. The van der Waals surface area contributed by atoms with Gasteiger partial charge in [0, 0.05) is 18.1 Å². The highest BCUT2D eigenvalue weighted by Gasteiger charge is 2.13. The van der Waals surface area contributed by atoms with Crippen LogP contribution in [0.1, 0.15) is 19.5 Å². The van der Waals surface area contributed by atoms with Crippen molar-refractivity contribution in [2.75, 3.05) is 5.73 Å². The SMILES string of the molecule is Cc1nn(CC(C)C)c2cc(-c3[nH]ncc3N)ncc12. The van der Waals surface area contributed by atoms with Gasteiger partial charge in [-0.3, -0.25) is 14.8 Å². The second-order valence-corrected chi connectivity index (χ2v) is 5.45. The van der Waals surface area contributed by atoms with Crippen molar-refractivity contribution < 1.29 is 0 Å². The summed E-state index contributed by atoms with van der Waals surface area (Å²) in [4.78, 5) is 4.46. The van der Waals surface area contributed by atoms with Crippen LogP contribution in [-0.4, -0.2) is 25.0 Å². The second kappa shape index (κ2) is 4.63. The quantitative estimate of drug-likeness (QED) is 0.765. The molecule has 3 N–H and O–H groups in total. The number of anilines is 1. The maximum atomic E-state index is 5.88. The Morgan fingerprint density at radius 1 is 1.35 bits per heavy atom. The molecule has 104 valence electrons. The average molecular weight is 270 g/mol. The largest absolute Gasteiger partial charge is 0.396 e. The molecule has 3 aromatic heterocycles. The number of nitrogens with one attached hydrogen (secondary N) is 1. The molecule has 3 heterocycles. The number of aryl methyl sites for hydroxylation is 1. The van der Waals surface area contributed by atoms with Crippen molar-refractivity contribution in [2.45, 2.75) is 27.3 Å². The molecule has 0 aliphatic carbocycles. The molecule has 0 unspecified atom stereocenters. The van der Waals surface area contributed by atoms with Crippen LogP contribution < -0.4 is 5.73 Å². The van der Waals surface area contributed by atoms with E-state index in [2.05, 4.69) is 34.1 Å². The lowest BCUT2D eigenvalue weighted by atomic mass is 10.2. The van der Waals surface area contributed by atoms with Crippen LogP contribution in [0.2, 0.25) is 0 Å². The predicted octanol–water partition coefficient (Wildman–Crippen LogP) is 2.37. The third-order valence-electron chi connectivity index (χ3n) is 3.28. The van der Waals surface area contributed by atoms with Gasteiger partial charge in [-0.25, -0.2) is 0 Å². The smallest absolute Gasteiger partial charge is 0.106 e. The highest BCUT2D eigenvalue weighted by molar-refractivity contribution is 5.85. The minimum atomic E-state index is 0.534. The molecule has 0 atom stereocenters. The van der Waals surface area contributed by atoms with E-state index in [-0.39, 0.29) is 0 Å². The summed E-state index contributed by atoms with van der Waals surface area (Å²) in [5.74, 6) is 0.534. The maximum absolute atomic E-state index is 5.88. The zero-order valence-corrected chi connectivity index (χ0v) is 11.9. The van der Waals surface area contributed by atoms with Crippen LogP contribution in [0.15, 0.2) is 18.5 Å². The van der Waals surface area contributed by atoms with Crippen LogP contribution >= 0.6 is 0 Å². The Labute approximate surface area is 117 Å². The molecule has 0 fully saturated rings. The lowest BCUT2D eigenvalue weighted by molar-refractivity contribution is 0.493. The van der Waals surface area contributed by atoms with Crippen molar-refractivity contribution in [3.63, 3.8) is 0 Å². The third kappa shape index (κ3) is 2.03. The Morgan fingerprint density at radius 3 is 2.80 bits per heavy atom. The summed E-state index contributed by atoms with van der Waals surface area (Å²) >= 11 is 0. The van der Waals surface area contributed by atoms with Crippen molar-refractivity contribution >= 4 is 16.6 Å². The number of fused-ring (bicyclic) bond motifs is 1. The van der Waals surface area contributed by atoms with Gasteiger partial charge in [0.25, 0.3) is 0 Å². The van der Waals surface area contributed by atoms with Crippen LogP contribution in [0.4, 0.5) is 5.69 Å². The van der Waals surface area contributed by atoms with E-state index < -0.39 is 0 Å². The number of H-pyrrole nitrogens is 1. The first-order valence-electron chi connectivity index (χ1n) is 6.68. The van der Waals surface area contributed by atoms with E-state index >= 15 is 0 Å². The van der Waals surface area contributed by atoms with Crippen LogP contribution in [0.3, 0.4) is 0 Å². The lowest BCUT2D eigenvalue weighted by Gasteiger charge is -2.07. The van der Waals surface area contributed by atoms with E-state index in [1.165, 1.54) is 0 Å². The van der Waals surface area contributed by atoms with Crippen molar-refractivity contribution in [1.82, 2.24) is 25.0 Å². The summed E-state index contributed by atoms with van der Waals surface area (Å²) in [7, 11) is 0. The van der Waals surface area contributed by atoms with E-state index in [0.717, 1.165) is 34.5 Å². The molecule has 6 nitrogen and oxygen atoms in total. The summed E-state index contributed by atoms with van der Waals surface area (Å²) in [6, 6.07) is 2.02. The summed E-state index contributed by atoms with van der Waals surface area (Å²) < 4.78 is 2.03. The van der Waals surface area contributed by atoms with Gasteiger partial charge in [-0.15, -0.1) is 0 Å². The van der Waals surface area contributed by atoms with Gasteiger partial charge in [-0.1, -0.05) is 13.8 Å². The minimum Gasteiger partial charge on any atom is -0.396 e. The van der Waals surface area contributed by atoms with Gasteiger partial charge in [-0.05, 0) is 18.9 Å². The summed E-state index contributed by atoms with van der Waals surface area (Å²) in [5.41, 5.74) is 10.1. The van der Waals surface area contributed by atoms with Gasteiger partial charge in [0.15, 0.2) is 0 Å². The molecule has 3 rings (SSSR count). The third-order valence-corrected chi connectivity index (χ3v) is 3.28. The standard InChI is InChI=1S/C14H18N6/c1-8(2)7-20-13-4-12(14-11(15)6-17-18-14)16-5-10(13)9(3)19-20/h4-6,8H,7,15H2,1-3H3,(H,17,18). The Hall–Kier alpha value is -2.37. The number of rotatable bonds is 3. The topological polar surface area (TPSA) is 85.4 Å². The molecule has 0 radical (unpaired) electrons. The molecule has 0 aliphatic rings. The zero-order valence-electron chi connectivity index (χ0n) is 11.9. The number of aromatic amines is 1. The molecule has 0 aliphatic heterocycles. The molecule has 0 amide bonds. The first-order valence-corrected chi connectivity index (χ1v) is 6.68. The van der Waals surface area contributed by atoms with E-state index in [0.29, 0.717) is 11.6 Å². The molecule has 0 saturated heterocycles. The zero-order chi connectivity index (χ0) is 14.3. The second-order valence-electron chi connectivity index (χ2n) is 5.45. The van der Waals surface area contributed by atoms with Gasteiger partial charge in [0.2, 0.25) is 0 Å². The van der Waals surface area contributed by atoms with Crippen molar-refractivity contribution in [2.24, 2.45) is 5.92 Å². The Morgan fingerprint density at radius 2 is 2.15 bits per heavy atom. The van der Waals surface area contributed by atoms with Gasteiger partial charge >= 0.3 is 0 Å². The van der Waals surface area contributed by atoms with Crippen LogP contribution in [0.25, 0.3) is 22.3 Å². The number of aromatic nitrogens is 5. The normalized spacial score (nSPS) is 11.6. The fourth-order valence-electron chi connectivity index (χ4n) is 2.35. The van der Waals surface area contributed by atoms with E-state index in [1.807, 2.05) is 23.9 Å². The first kappa shape index (κ1) is 12.7. The summed E-state index contributed by atoms with van der Waals surface area (Å²) in [6.07, 6.45) is 3.45. The first-order chi connectivity index (χ1) is 9.56. The number of nitrogen functional groups attached to an aromatic ring is 1. The monoisotopic (exact) mass is 270 g/mol. The van der Waals surface area contributed by atoms with Crippen molar-refractivity contribution in [3.05, 3.63) is 24.2 Å². The number of hydrogen-bond donors (Lipinski definition) is 2. The number of pyridine rings is 1. The molecule has 6 heteroatoms. The van der Waals surface area contributed by atoms with Crippen molar-refractivity contribution in [1.29, 1.82) is 0 Å². The van der Waals surface area contributed by atoms with Gasteiger partial charge in [0.1, 0.15) is 5.69 Å². The predicted molar refractivity (Wildman–Crippen MR) is 79.1 cm³/mol. The summed E-state index contributed by atoms with van der Waals surface area (Å²) in [6.45, 7) is 7.24. The Bertz CT molecular complexity index is 752. The number of hydrogen-bond acceptors (Lipinski definition) is 4. The van der Waals surface area contributed by atoms with Crippen LogP contribution in [0.5, 0.6) is 0 Å². The van der Waals surface area contributed by atoms with Crippen LogP contribution in [-0.2, 0) is 6.54 Å². The average Bonchev–Trinajstić information content (AvgIpc) is 2.94. The van der Waals surface area contributed by atoms with Crippen LogP contribution in [0, 0.1) is 12.8 Å². The van der Waals surface area contributed by atoms with Gasteiger partial charge in [0.05, 0.1) is 28.8 Å². The molecule has 0 aromatic carbocycles. The molecule has 20 heavy (non-hydrogen) atoms. The maximum Gasteiger partial charge on any atom is 0.106 e. The number of nitrogens with two attached hydrogens (primary N) is 1. The Balaban J connectivity index is 2.16. The van der Waals surface area contributed by atoms with E-state index in [9.17, 15) is 0 Å². The number of nitrogens with zero attached hydrogens (tertiary/aromatic N) is 4. The highest BCUT2D eigenvalue weighted by Crippen LogP contribution is 2.26. The molecule has 0 spiro atoms. The molecule has 0 saturated carbocycles. The van der Waals surface area contributed by atoms with Gasteiger partial charge in [-0.2, -0.15) is 10.2 Å². The van der Waals surface area contributed by atoms with E-state index in [4.69, 9.17) is 5.73 Å². The van der Waals surface area contributed by atoms with Gasteiger partial charge < -0.3 is 5.73 Å². The van der Waals surface area contributed by atoms with E-state index in [1.54, 1.807) is 6.20 Å². The molecule has 0 bridgehead atoms. The molecular formula is C14H18N6. The molecular weight excluding hydrogens is 252 g/mol.